The molecule has 2 aromatic carbocycles. The molecule has 4 rings (SSSR count). The van der Waals surface area contributed by atoms with Crippen molar-refractivity contribution in [2.45, 2.75) is 19.3 Å². The quantitative estimate of drug-likeness (QED) is 0.795. The van der Waals surface area contributed by atoms with Gasteiger partial charge in [0.25, 0.3) is 5.91 Å². The summed E-state index contributed by atoms with van der Waals surface area (Å²) < 4.78 is 0. The van der Waals surface area contributed by atoms with E-state index in [1.165, 1.54) is 16.7 Å². The fraction of sp³-hybridized carbons (Fsp3) is 0.318. The number of hydrogen-bond donors (Lipinski definition) is 3. The van der Waals surface area contributed by atoms with Crippen LogP contribution in [0.15, 0.2) is 48.5 Å². The summed E-state index contributed by atoms with van der Waals surface area (Å²) >= 11 is 0. The second kappa shape index (κ2) is 7.44. The van der Waals surface area contributed by atoms with E-state index in [0.717, 1.165) is 49.4 Å². The van der Waals surface area contributed by atoms with Crippen molar-refractivity contribution in [2.24, 2.45) is 0 Å². The molecule has 2 aromatic rings. The van der Waals surface area contributed by atoms with Crippen LogP contribution in [0.4, 0.5) is 5.69 Å². The number of hydrogen-bond acceptors (Lipinski definition) is 3. The van der Waals surface area contributed by atoms with Crippen LogP contribution in [0.2, 0.25) is 0 Å². The summed E-state index contributed by atoms with van der Waals surface area (Å²) in [5.41, 5.74) is 6.50. The van der Waals surface area contributed by atoms with E-state index < -0.39 is 0 Å². The summed E-state index contributed by atoms with van der Waals surface area (Å²) in [6, 6.07) is 14.3. The lowest BCUT2D eigenvalue weighted by Crippen LogP contribution is -2.39. The predicted molar refractivity (Wildman–Crippen MR) is 107 cm³/mol. The molecule has 0 aromatic heterocycles. The summed E-state index contributed by atoms with van der Waals surface area (Å²) in [5, 5.41) is 9.64. The van der Waals surface area contributed by atoms with Gasteiger partial charge in [-0.2, -0.15) is 0 Å². The average molecular weight is 347 g/mol. The summed E-state index contributed by atoms with van der Waals surface area (Å²) in [4.78, 5) is 12.7. The predicted octanol–water partition coefficient (Wildman–Crippen LogP) is 3.31. The first kappa shape index (κ1) is 17.0. The summed E-state index contributed by atoms with van der Waals surface area (Å²) in [5.74, 6) is 0.560. The van der Waals surface area contributed by atoms with Gasteiger partial charge in [0.2, 0.25) is 0 Å². The standard InChI is InChI=1S/C22H25N3O/c1-15-12-18(17-8-10-23-11-9-17)4-7-21(15)22(26)25-20-5-2-16(3-6-20)19-13-24-14-19/h2-8,12,19,23-24H,9-11,13-14H2,1H3,(H,25,26). The van der Waals surface area contributed by atoms with Gasteiger partial charge in [0.1, 0.15) is 0 Å². The van der Waals surface area contributed by atoms with Gasteiger partial charge < -0.3 is 16.0 Å². The Hall–Kier alpha value is -2.43. The highest BCUT2D eigenvalue weighted by Gasteiger charge is 2.18. The zero-order valence-electron chi connectivity index (χ0n) is 15.1. The Morgan fingerprint density at radius 2 is 1.88 bits per heavy atom. The number of nitrogens with one attached hydrogen (secondary N) is 3. The van der Waals surface area contributed by atoms with Gasteiger partial charge >= 0.3 is 0 Å². The highest BCUT2D eigenvalue weighted by atomic mass is 16.1. The molecule has 134 valence electrons. The molecule has 1 amide bonds. The van der Waals surface area contributed by atoms with Crippen LogP contribution < -0.4 is 16.0 Å². The van der Waals surface area contributed by atoms with Crippen molar-refractivity contribution in [3.63, 3.8) is 0 Å². The lowest BCUT2D eigenvalue weighted by molar-refractivity contribution is 0.102. The lowest BCUT2D eigenvalue weighted by atomic mass is 9.93. The summed E-state index contributed by atoms with van der Waals surface area (Å²) in [7, 11) is 0. The van der Waals surface area contributed by atoms with Gasteiger partial charge in [-0.05, 0) is 60.4 Å². The Bertz CT molecular complexity index is 835. The van der Waals surface area contributed by atoms with Crippen molar-refractivity contribution in [3.05, 3.63) is 70.8 Å². The number of carbonyl (C=O) groups is 1. The molecule has 2 aliphatic heterocycles. The fourth-order valence-corrected chi connectivity index (χ4v) is 3.56. The molecule has 0 unspecified atom stereocenters. The minimum atomic E-state index is -0.0496. The minimum absolute atomic E-state index is 0.0496. The molecule has 0 bridgehead atoms. The Morgan fingerprint density at radius 1 is 1.08 bits per heavy atom. The first-order valence-electron chi connectivity index (χ1n) is 9.33. The van der Waals surface area contributed by atoms with Crippen molar-refractivity contribution in [1.82, 2.24) is 10.6 Å². The van der Waals surface area contributed by atoms with Crippen molar-refractivity contribution >= 4 is 17.2 Å². The largest absolute Gasteiger partial charge is 0.322 e. The van der Waals surface area contributed by atoms with E-state index in [-0.39, 0.29) is 5.91 Å². The van der Waals surface area contributed by atoms with Crippen molar-refractivity contribution in [1.29, 1.82) is 0 Å². The van der Waals surface area contributed by atoms with Crippen molar-refractivity contribution in [2.75, 3.05) is 31.5 Å². The van der Waals surface area contributed by atoms with Crippen LogP contribution in [-0.2, 0) is 0 Å². The monoisotopic (exact) mass is 347 g/mol. The topological polar surface area (TPSA) is 53.2 Å². The second-order valence-electron chi connectivity index (χ2n) is 7.14. The minimum Gasteiger partial charge on any atom is -0.322 e. The van der Waals surface area contributed by atoms with E-state index in [0.29, 0.717) is 5.92 Å². The Kier molecular flexibility index (Phi) is 4.87. The number of aryl methyl sites for hydroxylation is 1. The second-order valence-corrected chi connectivity index (χ2v) is 7.14. The van der Waals surface area contributed by atoms with Crippen LogP contribution in [0.3, 0.4) is 0 Å². The molecule has 4 nitrogen and oxygen atoms in total. The van der Waals surface area contributed by atoms with Gasteiger partial charge in [0, 0.05) is 36.8 Å². The van der Waals surface area contributed by atoms with E-state index in [1.807, 2.05) is 25.1 Å². The van der Waals surface area contributed by atoms with Gasteiger partial charge in [-0.1, -0.05) is 30.3 Å². The van der Waals surface area contributed by atoms with Gasteiger partial charge in [0.05, 0.1) is 0 Å². The van der Waals surface area contributed by atoms with E-state index in [2.05, 4.69) is 46.3 Å². The van der Waals surface area contributed by atoms with Gasteiger partial charge in [0.15, 0.2) is 0 Å². The van der Waals surface area contributed by atoms with Crippen LogP contribution in [0.25, 0.3) is 5.57 Å². The van der Waals surface area contributed by atoms with Crippen LogP contribution in [0.5, 0.6) is 0 Å². The van der Waals surface area contributed by atoms with E-state index in [1.54, 1.807) is 0 Å². The van der Waals surface area contributed by atoms with E-state index in [4.69, 9.17) is 0 Å². The fourth-order valence-electron chi connectivity index (χ4n) is 3.56. The third kappa shape index (κ3) is 3.57. The highest BCUT2D eigenvalue weighted by Crippen LogP contribution is 2.24. The first-order valence-corrected chi connectivity index (χ1v) is 9.33. The molecule has 0 aliphatic carbocycles. The number of amides is 1. The normalized spacial score (nSPS) is 17.3. The number of anilines is 1. The Balaban J connectivity index is 1.46. The van der Waals surface area contributed by atoms with Crippen LogP contribution >= 0.6 is 0 Å². The van der Waals surface area contributed by atoms with Crippen LogP contribution in [0.1, 0.15) is 39.4 Å². The van der Waals surface area contributed by atoms with Gasteiger partial charge in [-0.15, -0.1) is 0 Å². The third-order valence-corrected chi connectivity index (χ3v) is 5.33. The molecule has 0 spiro atoms. The molecule has 3 N–H and O–H groups in total. The zero-order chi connectivity index (χ0) is 17.9. The maximum Gasteiger partial charge on any atom is 0.255 e. The molecule has 2 aliphatic rings. The van der Waals surface area contributed by atoms with Gasteiger partial charge in [-0.3, -0.25) is 4.79 Å². The van der Waals surface area contributed by atoms with E-state index in [9.17, 15) is 4.79 Å². The molecule has 0 saturated carbocycles. The highest BCUT2D eigenvalue weighted by molar-refractivity contribution is 6.05. The molecule has 0 atom stereocenters. The van der Waals surface area contributed by atoms with Crippen molar-refractivity contribution in [3.8, 4) is 0 Å². The van der Waals surface area contributed by atoms with E-state index >= 15 is 0 Å². The maximum atomic E-state index is 12.7. The third-order valence-electron chi connectivity index (χ3n) is 5.33. The van der Waals surface area contributed by atoms with Gasteiger partial charge in [-0.25, -0.2) is 0 Å². The lowest BCUT2D eigenvalue weighted by Gasteiger charge is -2.27. The first-order chi connectivity index (χ1) is 12.7. The SMILES string of the molecule is Cc1cc(C2=CCNCC2)ccc1C(=O)Nc1ccc(C2CNC2)cc1. The zero-order valence-corrected chi connectivity index (χ0v) is 15.1. The Labute approximate surface area is 154 Å². The molecule has 26 heavy (non-hydrogen) atoms. The number of carbonyl (C=O) groups excluding carboxylic acids is 1. The molecule has 1 fully saturated rings. The smallest absolute Gasteiger partial charge is 0.255 e. The van der Waals surface area contributed by atoms with Crippen LogP contribution in [0, 0.1) is 6.92 Å². The summed E-state index contributed by atoms with van der Waals surface area (Å²) in [6.07, 6.45) is 3.27. The molecular formula is C22H25N3O. The summed E-state index contributed by atoms with van der Waals surface area (Å²) in [6.45, 7) is 6.03. The molecule has 2 heterocycles. The number of rotatable bonds is 4. The molecule has 0 radical (unpaired) electrons. The van der Waals surface area contributed by atoms with Crippen LogP contribution in [-0.4, -0.2) is 32.1 Å². The molecule has 4 heteroatoms. The van der Waals surface area contributed by atoms with Crippen molar-refractivity contribution < 1.29 is 4.79 Å². The molecular weight excluding hydrogens is 322 g/mol. The average Bonchev–Trinajstić information content (AvgIpc) is 2.62. The Morgan fingerprint density at radius 3 is 2.50 bits per heavy atom. The molecule has 1 saturated heterocycles. The number of benzene rings is 2. The maximum absolute atomic E-state index is 12.7.